The Hall–Kier alpha value is -0.370. The maximum atomic E-state index is 11.8. The largest absolute Gasteiger partial charge is 0.382 e. The molecular formula is C13H24O2. The van der Waals surface area contributed by atoms with E-state index < -0.39 is 5.60 Å². The van der Waals surface area contributed by atoms with Gasteiger partial charge < -0.3 is 5.11 Å². The first kappa shape index (κ1) is 12.7. The summed E-state index contributed by atoms with van der Waals surface area (Å²) >= 11 is 0. The number of hydrogen-bond acceptors (Lipinski definition) is 2. The lowest BCUT2D eigenvalue weighted by Crippen LogP contribution is -2.40. The SMILES string of the molecule is CCCCCCC(=O)C1(O)CCCCC1. The number of carbonyl (C=O) groups is 1. The van der Waals surface area contributed by atoms with Crippen molar-refractivity contribution in [2.24, 2.45) is 0 Å². The van der Waals surface area contributed by atoms with Gasteiger partial charge in [0.25, 0.3) is 0 Å². The van der Waals surface area contributed by atoms with Crippen LogP contribution in [0.5, 0.6) is 0 Å². The third-order valence-electron chi connectivity index (χ3n) is 3.46. The van der Waals surface area contributed by atoms with Gasteiger partial charge in [-0.1, -0.05) is 45.4 Å². The van der Waals surface area contributed by atoms with Crippen molar-refractivity contribution >= 4 is 5.78 Å². The van der Waals surface area contributed by atoms with Crippen LogP contribution in [-0.2, 0) is 4.79 Å². The molecule has 1 saturated carbocycles. The molecule has 0 bridgehead atoms. The van der Waals surface area contributed by atoms with Crippen LogP contribution in [0.25, 0.3) is 0 Å². The summed E-state index contributed by atoms with van der Waals surface area (Å²) in [5.74, 6) is 0.0957. The minimum Gasteiger partial charge on any atom is -0.382 e. The third-order valence-corrected chi connectivity index (χ3v) is 3.46. The van der Waals surface area contributed by atoms with Gasteiger partial charge in [0.1, 0.15) is 5.60 Å². The van der Waals surface area contributed by atoms with Gasteiger partial charge in [-0.15, -0.1) is 0 Å². The fraction of sp³-hybridized carbons (Fsp3) is 0.923. The van der Waals surface area contributed by atoms with E-state index in [9.17, 15) is 9.90 Å². The minimum atomic E-state index is -0.954. The Morgan fingerprint density at radius 3 is 2.40 bits per heavy atom. The summed E-state index contributed by atoms with van der Waals surface area (Å²) in [6.45, 7) is 2.16. The van der Waals surface area contributed by atoms with Gasteiger partial charge >= 0.3 is 0 Å². The van der Waals surface area contributed by atoms with E-state index in [1.165, 1.54) is 19.3 Å². The van der Waals surface area contributed by atoms with Crippen molar-refractivity contribution < 1.29 is 9.90 Å². The summed E-state index contributed by atoms with van der Waals surface area (Å²) in [5.41, 5.74) is -0.954. The van der Waals surface area contributed by atoms with Crippen LogP contribution in [0.15, 0.2) is 0 Å². The molecule has 88 valence electrons. The summed E-state index contributed by atoms with van der Waals surface area (Å²) in [6, 6.07) is 0. The summed E-state index contributed by atoms with van der Waals surface area (Å²) in [6.07, 6.45) is 9.63. The molecule has 0 unspecified atom stereocenters. The maximum absolute atomic E-state index is 11.8. The average molecular weight is 212 g/mol. The van der Waals surface area contributed by atoms with Crippen molar-refractivity contribution in [2.75, 3.05) is 0 Å². The second kappa shape index (κ2) is 6.26. The highest BCUT2D eigenvalue weighted by Gasteiger charge is 2.35. The molecule has 0 aliphatic heterocycles. The van der Waals surface area contributed by atoms with Gasteiger partial charge in [-0.2, -0.15) is 0 Å². The topological polar surface area (TPSA) is 37.3 Å². The van der Waals surface area contributed by atoms with Crippen molar-refractivity contribution in [1.29, 1.82) is 0 Å². The fourth-order valence-corrected chi connectivity index (χ4v) is 2.36. The van der Waals surface area contributed by atoms with Crippen molar-refractivity contribution in [3.05, 3.63) is 0 Å². The number of ketones is 1. The van der Waals surface area contributed by atoms with E-state index in [-0.39, 0.29) is 5.78 Å². The summed E-state index contributed by atoms with van der Waals surface area (Å²) in [5, 5.41) is 10.1. The fourth-order valence-electron chi connectivity index (χ4n) is 2.36. The van der Waals surface area contributed by atoms with Crippen molar-refractivity contribution in [3.63, 3.8) is 0 Å². The Bertz CT molecular complexity index is 193. The first-order chi connectivity index (χ1) is 7.19. The molecule has 0 amide bonds. The summed E-state index contributed by atoms with van der Waals surface area (Å²) in [4.78, 5) is 11.8. The Morgan fingerprint density at radius 2 is 1.80 bits per heavy atom. The zero-order valence-corrected chi connectivity index (χ0v) is 9.93. The quantitative estimate of drug-likeness (QED) is 0.686. The van der Waals surface area contributed by atoms with E-state index in [0.717, 1.165) is 25.7 Å². The van der Waals surface area contributed by atoms with Gasteiger partial charge in [-0.05, 0) is 19.3 Å². The molecule has 0 aromatic carbocycles. The van der Waals surface area contributed by atoms with E-state index in [1.54, 1.807) is 0 Å². The Labute approximate surface area is 93.1 Å². The molecule has 0 saturated heterocycles. The number of hydrogen-bond donors (Lipinski definition) is 1. The van der Waals surface area contributed by atoms with Crippen LogP contribution < -0.4 is 0 Å². The molecule has 2 heteroatoms. The minimum absolute atomic E-state index is 0.0957. The van der Waals surface area contributed by atoms with E-state index in [4.69, 9.17) is 0 Å². The maximum Gasteiger partial charge on any atom is 0.164 e. The molecule has 0 spiro atoms. The van der Waals surface area contributed by atoms with Gasteiger partial charge in [-0.3, -0.25) is 4.79 Å². The zero-order chi connectivity index (χ0) is 11.1. The number of aliphatic hydroxyl groups is 1. The van der Waals surface area contributed by atoms with Crippen molar-refractivity contribution in [1.82, 2.24) is 0 Å². The molecule has 1 rings (SSSR count). The highest BCUT2D eigenvalue weighted by atomic mass is 16.3. The first-order valence-electron chi connectivity index (χ1n) is 6.45. The second-order valence-electron chi connectivity index (χ2n) is 4.83. The van der Waals surface area contributed by atoms with Crippen LogP contribution >= 0.6 is 0 Å². The molecule has 15 heavy (non-hydrogen) atoms. The molecule has 1 aliphatic rings. The van der Waals surface area contributed by atoms with Crippen molar-refractivity contribution in [2.45, 2.75) is 76.7 Å². The van der Waals surface area contributed by atoms with Gasteiger partial charge in [0.15, 0.2) is 5.78 Å². The highest BCUT2D eigenvalue weighted by molar-refractivity contribution is 5.87. The van der Waals surface area contributed by atoms with Gasteiger partial charge in [-0.25, -0.2) is 0 Å². The molecule has 1 aliphatic carbocycles. The molecule has 0 heterocycles. The van der Waals surface area contributed by atoms with E-state index in [2.05, 4.69) is 6.92 Å². The highest BCUT2D eigenvalue weighted by Crippen LogP contribution is 2.30. The number of rotatable bonds is 6. The van der Waals surface area contributed by atoms with Crippen LogP contribution in [0, 0.1) is 0 Å². The molecule has 0 aromatic heterocycles. The lowest BCUT2D eigenvalue weighted by Gasteiger charge is -2.30. The van der Waals surface area contributed by atoms with Crippen LogP contribution in [-0.4, -0.2) is 16.5 Å². The van der Waals surface area contributed by atoms with Crippen LogP contribution in [0.4, 0.5) is 0 Å². The molecule has 1 fully saturated rings. The first-order valence-corrected chi connectivity index (χ1v) is 6.45. The molecule has 1 N–H and O–H groups in total. The Morgan fingerprint density at radius 1 is 1.13 bits per heavy atom. The van der Waals surface area contributed by atoms with E-state index >= 15 is 0 Å². The predicted octanol–water partition coefficient (Wildman–Crippen LogP) is 3.22. The molecule has 0 atom stereocenters. The number of unbranched alkanes of at least 4 members (excludes halogenated alkanes) is 3. The molecular weight excluding hydrogens is 188 g/mol. The lowest BCUT2D eigenvalue weighted by molar-refractivity contribution is -0.140. The zero-order valence-electron chi connectivity index (χ0n) is 9.93. The van der Waals surface area contributed by atoms with Crippen LogP contribution in [0.3, 0.4) is 0 Å². The van der Waals surface area contributed by atoms with E-state index in [1.807, 2.05) is 0 Å². The van der Waals surface area contributed by atoms with Gasteiger partial charge in [0, 0.05) is 6.42 Å². The normalized spacial score (nSPS) is 20.1. The molecule has 2 nitrogen and oxygen atoms in total. The van der Waals surface area contributed by atoms with Gasteiger partial charge in [0.05, 0.1) is 0 Å². The van der Waals surface area contributed by atoms with Crippen LogP contribution in [0.2, 0.25) is 0 Å². The smallest absolute Gasteiger partial charge is 0.164 e. The summed E-state index contributed by atoms with van der Waals surface area (Å²) < 4.78 is 0. The standard InChI is InChI=1S/C13H24O2/c1-2-3-4-6-9-12(14)13(15)10-7-5-8-11-13/h15H,2-11H2,1H3. The predicted molar refractivity (Wildman–Crippen MR) is 61.8 cm³/mol. The van der Waals surface area contributed by atoms with E-state index in [0.29, 0.717) is 19.3 Å². The third kappa shape index (κ3) is 3.94. The summed E-state index contributed by atoms with van der Waals surface area (Å²) in [7, 11) is 0. The lowest BCUT2D eigenvalue weighted by atomic mass is 9.80. The number of Topliss-reactive ketones (excluding diaryl/α,β-unsaturated/α-hetero) is 1. The molecule has 0 aromatic rings. The second-order valence-corrected chi connectivity index (χ2v) is 4.83. The van der Waals surface area contributed by atoms with Crippen LogP contribution in [0.1, 0.15) is 71.1 Å². The molecule has 0 radical (unpaired) electrons. The Kier molecular flexibility index (Phi) is 5.30. The Balaban J connectivity index is 2.25. The monoisotopic (exact) mass is 212 g/mol. The number of carbonyl (C=O) groups excluding carboxylic acids is 1. The van der Waals surface area contributed by atoms with Crippen molar-refractivity contribution in [3.8, 4) is 0 Å². The average Bonchev–Trinajstić information content (AvgIpc) is 2.25. The van der Waals surface area contributed by atoms with Gasteiger partial charge in [0.2, 0.25) is 0 Å².